The molecule has 0 bridgehead atoms. The molecule has 0 aliphatic carbocycles. The lowest BCUT2D eigenvalue weighted by atomic mass is 10.2. The Morgan fingerprint density at radius 1 is 1.12 bits per heavy atom. The molecular formula is C14H8FNO. The summed E-state index contributed by atoms with van der Waals surface area (Å²) in [5.74, 6) is 5.31. The maximum Gasteiger partial charge on any atom is 0.151 e. The molecule has 1 heterocycles. The van der Waals surface area contributed by atoms with Crippen LogP contribution in [0.1, 0.15) is 21.5 Å². The van der Waals surface area contributed by atoms with Crippen LogP contribution in [-0.4, -0.2) is 11.3 Å². The number of halogens is 1. The summed E-state index contributed by atoms with van der Waals surface area (Å²) in [4.78, 5) is 14.4. The summed E-state index contributed by atoms with van der Waals surface area (Å²) >= 11 is 0. The number of aldehydes is 1. The molecule has 17 heavy (non-hydrogen) atoms. The molecular weight excluding hydrogens is 217 g/mol. The van der Waals surface area contributed by atoms with Crippen LogP contribution in [-0.2, 0) is 0 Å². The molecule has 0 fully saturated rings. The Kier molecular flexibility index (Phi) is 3.27. The van der Waals surface area contributed by atoms with E-state index in [9.17, 15) is 9.18 Å². The fourth-order valence-electron chi connectivity index (χ4n) is 1.30. The summed E-state index contributed by atoms with van der Waals surface area (Å²) in [7, 11) is 0. The number of rotatable bonds is 1. The van der Waals surface area contributed by atoms with Gasteiger partial charge in [-0.3, -0.25) is 9.78 Å². The third-order valence-corrected chi connectivity index (χ3v) is 2.07. The molecule has 0 aliphatic rings. The number of pyridine rings is 1. The van der Waals surface area contributed by atoms with Gasteiger partial charge in [0.25, 0.3) is 0 Å². The van der Waals surface area contributed by atoms with E-state index in [-0.39, 0.29) is 5.82 Å². The minimum absolute atomic E-state index is 0.323. The standard InChI is InChI=1S/C14H8FNO/c15-14-3-1-2-11(7-14)4-5-12-6-13(10-17)9-16-8-12/h1-3,6-10H. The van der Waals surface area contributed by atoms with Crippen LogP contribution in [0.25, 0.3) is 0 Å². The summed E-state index contributed by atoms with van der Waals surface area (Å²) in [6.45, 7) is 0. The summed E-state index contributed by atoms with van der Waals surface area (Å²) in [6, 6.07) is 7.66. The third kappa shape index (κ3) is 2.99. The van der Waals surface area contributed by atoms with Crippen LogP contribution in [0.15, 0.2) is 42.7 Å². The van der Waals surface area contributed by atoms with Gasteiger partial charge < -0.3 is 0 Å². The van der Waals surface area contributed by atoms with Gasteiger partial charge in [-0.25, -0.2) is 4.39 Å². The summed E-state index contributed by atoms with van der Waals surface area (Å²) in [5.41, 5.74) is 1.68. The van der Waals surface area contributed by atoms with Gasteiger partial charge in [0.15, 0.2) is 6.29 Å². The Bertz CT molecular complexity index is 611. The van der Waals surface area contributed by atoms with Gasteiger partial charge in [-0.1, -0.05) is 17.9 Å². The molecule has 2 aromatic rings. The molecule has 0 saturated heterocycles. The van der Waals surface area contributed by atoms with Crippen molar-refractivity contribution in [1.29, 1.82) is 0 Å². The lowest BCUT2D eigenvalue weighted by Gasteiger charge is -1.92. The second-order valence-electron chi connectivity index (χ2n) is 3.39. The maximum atomic E-state index is 12.9. The summed E-state index contributed by atoms with van der Waals surface area (Å²) in [5, 5.41) is 0. The summed E-state index contributed by atoms with van der Waals surface area (Å²) in [6.07, 6.45) is 3.72. The van der Waals surface area contributed by atoms with Crippen molar-refractivity contribution in [3.05, 3.63) is 65.2 Å². The highest BCUT2D eigenvalue weighted by Crippen LogP contribution is 2.03. The number of hydrogen-bond donors (Lipinski definition) is 0. The largest absolute Gasteiger partial charge is 0.298 e. The molecule has 1 aromatic heterocycles. The monoisotopic (exact) mass is 225 g/mol. The van der Waals surface area contributed by atoms with Crippen LogP contribution in [0.3, 0.4) is 0 Å². The molecule has 0 N–H and O–H groups in total. The van der Waals surface area contributed by atoms with Crippen molar-refractivity contribution < 1.29 is 9.18 Å². The number of benzene rings is 1. The molecule has 3 heteroatoms. The number of carbonyl (C=O) groups is 1. The van der Waals surface area contributed by atoms with E-state index in [1.165, 1.54) is 18.3 Å². The van der Waals surface area contributed by atoms with Crippen LogP contribution >= 0.6 is 0 Å². The van der Waals surface area contributed by atoms with E-state index in [4.69, 9.17) is 0 Å². The van der Waals surface area contributed by atoms with Gasteiger partial charge in [-0.2, -0.15) is 0 Å². The van der Waals surface area contributed by atoms with E-state index in [0.29, 0.717) is 23.0 Å². The van der Waals surface area contributed by atoms with E-state index >= 15 is 0 Å². The zero-order chi connectivity index (χ0) is 12.1. The highest BCUT2D eigenvalue weighted by molar-refractivity contribution is 5.74. The first-order valence-electron chi connectivity index (χ1n) is 4.96. The van der Waals surface area contributed by atoms with Crippen LogP contribution in [0.4, 0.5) is 4.39 Å². The Labute approximate surface area is 98.1 Å². The van der Waals surface area contributed by atoms with E-state index in [2.05, 4.69) is 16.8 Å². The zero-order valence-electron chi connectivity index (χ0n) is 8.85. The van der Waals surface area contributed by atoms with Crippen molar-refractivity contribution >= 4 is 6.29 Å². The normalized spacial score (nSPS) is 9.24. The summed E-state index contributed by atoms with van der Waals surface area (Å²) < 4.78 is 12.9. The van der Waals surface area contributed by atoms with Gasteiger partial charge in [0.05, 0.1) is 0 Å². The minimum Gasteiger partial charge on any atom is -0.298 e. The third-order valence-electron chi connectivity index (χ3n) is 2.07. The fourth-order valence-corrected chi connectivity index (χ4v) is 1.30. The van der Waals surface area contributed by atoms with Crippen molar-refractivity contribution in [2.75, 3.05) is 0 Å². The quantitative estimate of drug-likeness (QED) is 0.551. The van der Waals surface area contributed by atoms with Gasteiger partial charge in [0.1, 0.15) is 5.82 Å². The number of hydrogen-bond acceptors (Lipinski definition) is 2. The van der Waals surface area contributed by atoms with Crippen LogP contribution < -0.4 is 0 Å². The van der Waals surface area contributed by atoms with E-state index < -0.39 is 0 Å². The molecule has 2 rings (SSSR count). The number of aromatic nitrogens is 1. The number of nitrogens with zero attached hydrogens (tertiary/aromatic N) is 1. The highest BCUT2D eigenvalue weighted by Gasteiger charge is 1.93. The molecule has 2 nitrogen and oxygen atoms in total. The first kappa shape index (κ1) is 11.0. The first-order chi connectivity index (χ1) is 8.28. The van der Waals surface area contributed by atoms with E-state index in [1.807, 2.05) is 0 Å². The van der Waals surface area contributed by atoms with Crippen molar-refractivity contribution in [1.82, 2.24) is 4.98 Å². The first-order valence-corrected chi connectivity index (χ1v) is 4.96. The topological polar surface area (TPSA) is 30.0 Å². The smallest absolute Gasteiger partial charge is 0.151 e. The number of carbonyl (C=O) groups excluding carboxylic acids is 1. The van der Waals surface area contributed by atoms with Crippen molar-refractivity contribution in [3.63, 3.8) is 0 Å². The second kappa shape index (κ2) is 5.04. The Morgan fingerprint density at radius 2 is 1.94 bits per heavy atom. The van der Waals surface area contributed by atoms with Crippen LogP contribution in [0.5, 0.6) is 0 Å². The predicted octanol–water partition coefficient (Wildman–Crippen LogP) is 2.43. The molecule has 0 amide bonds. The van der Waals surface area contributed by atoms with Gasteiger partial charge in [0, 0.05) is 29.1 Å². The maximum absolute atomic E-state index is 12.9. The zero-order valence-corrected chi connectivity index (χ0v) is 8.85. The molecule has 0 aliphatic heterocycles. The Morgan fingerprint density at radius 3 is 2.71 bits per heavy atom. The predicted molar refractivity (Wildman–Crippen MR) is 62.0 cm³/mol. The van der Waals surface area contributed by atoms with Gasteiger partial charge in [0.2, 0.25) is 0 Å². The van der Waals surface area contributed by atoms with Crippen molar-refractivity contribution in [2.24, 2.45) is 0 Å². The van der Waals surface area contributed by atoms with Crippen molar-refractivity contribution in [2.45, 2.75) is 0 Å². The van der Waals surface area contributed by atoms with Crippen LogP contribution in [0, 0.1) is 17.7 Å². The van der Waals surface area contributed by atoms with Gasteiger partial charge in [-0.05, 0) is 24.3 Å². The lowest BCUT2D eigenvalue weighted by Crippen LogP contribution is -1.85. The van der Waals surface area contributed by atoms with Crippen LogP contribution in [0.2, 0.25) is 0 Å². The van der Waals surface area contributed by atoms with Gasteiger partial charge in [-0.15, -0.1) is 0 Å². The average Bonchev–Trinajstić information content (AvgIpc) is 2.37. The Hall–Kier alpha value is -2.47. The molecule has 1 aromatic carbocycles. The molecule has 0 saturated carbocycles. The average molecular weight is 225 g/mol. The molecule has 0 unspecified atom stereocenters. The molecule has 82 valence electrons. The molecule has 0 radical (unpaired) electrons. The molecule has 0 spiro atoms. The van der Waals surface area contributed by atoms with Crippen molar-refractivity contribution in [3.8, 4) is 11.8 Å². The van der Waals surface area contributed by atoms with E-state index in [0.717, 1.165) is 0 Å². The lowest BCUT2D eigenvalue weighted by molar-refractivity contribution is 0.112. The Balaban J connectivity index is 2.29. The SMILES string of the molecule is O=Cc1cncc(C#Cc2cccc(F)c2)c1. The highest BCUT2D eigenvalue weighted by atomic mass is 19.1. The fraction of sp³-hybridized carbons (Fsp3) is 0. The minimum atomic E-state index is -0.323. The van der Waals surface area contributed by atoms with Gasteiger partial charge >= 0.3 is 0 Å². The second-order valence-corrected chi connectivity index (χ2v) is 3.39. The van der Waals surface area contributed by atoms with E-state index in [1.54, 1.807) is 24.4 Å². The molecule has 0 atom stereocenters.